The van der Waals surface area contributed by atoms with Gasteiger partial charge in [0.2, 0.25) is 11.9 Å². The number of halogens is 2. The summed E-state index contributed by atoms with van der Waals surface area (Å²) in [6.45, 7) is 5.95. The zero-order chi connectivity index (χ0) is 17.0. The number of anilines is 2. The van der Waals surface area contributed by atoms with Crippen molar-refractivity contribution < 1.29 is 8.78 Å². The molecule has 1 heterocycles. The van der Waals surface area contributed by atoms with Crippen LogP contribution in [0.5, 0.6) is 0 Å². The summed E-state index contributed by atoms with van der Waals surface area (Å²) < 4.78 is 27.3. The lowest BCUT2D eigenvalue weighted by molar-refractivity contribution is 0.566. The van der Waals surface area contributed by atoms with Crippen molar-refractivity contribution in [2.75, 3.05) is 17.7 Å². The van der Waals surface area contributed by atoms with Gasteiger partial charge in [0.25, 0.3) is 0 Å². The highest BCUT2D eigenvalue weighted by atomic mass is 32.2. The lowest BCUT2D eigenvalue weighted by Crippen LogP contribution is -2.27. The fraction of sp³-hybridized carbons (Fsp3) is 0.400. The van der Waals surface area contributed by atoms with E-state index in [1.165, 1.54) is 18.2 Å². The predicted octanol–water partition coefficient (Wildman–Crippen LogP) is 3.69. The Kier molecular flexibility index (Phi) is 5.35. The van der Waals surface area contributed by atoms with E-state index >= 15 is 0 Å². The molecule has 0 unspecified atom stereocenters. The van der Waals surface area contributed by atoms with Gasteiger partial charge in [-0.15, -0.1) is 0 Å². The number of hydrogen-bond donors (Lipinski definition) is 2. The van der Waals surface area contributed by atoms with Crippen molar-refractivity contribution in [2.24, 2.45) is 0 Å². The van der Waals surface area contributed by atoms with Crippen molar-refractivity contribution in [3.05, 3.63) is 35.4 Å². The molecule has 0 aliphatic rings. The number of rotatable bonds is 5. The molecule has 0 radical (unpaired) electrons. The normalized spacial score (nSPS) is 11.4. The molecule has 0 aliphatic carbocycles. The molecule has 1 aromatic carbocycles. The molecule has 0 saturated heterocycles. The Hall–Kier alpha value is -1.96. The van der Waals surface area contributed by atoms with Crippen LogP contribution in [-0.2, 0) is 5.75 Å². The summed E-state index contributed by atoms with van der Waals surface area (Å²) in [6, 6.07) is 3.81. The maximum atomic E-state index is 13.7. The molecule has 2 rings (SSSR count). The minimum atomic E-state index is -0.576. The fourth-order valence-electron chi connectivity index (χ4n) is 1.73. The minimum absolute atomic E-state index is 0.00857. The van der Waals surface area contributed by atoms with Gasteiger partial charge in [-0.3, -0.25) is 0 Å². The van der Waals surface area contributed by atoms with Crippen LogP contribution >= 0.6 is 11.8 Å². The molecule has 124 valence electrons. The first-order valence-electron chi connectivity index (χ1n) is 7.06. The first kappa shape index (κ1) is 17.4. The summed E-state index contributed by atoms with van der Waals surface area (Å²) in [7, 11) is 1.70. The van der Waals surface area contributed by atoms with Gasteiger partial charge in [0.1, 0.15) is 11.6 Å². The summed E-state index contributed by atoms with van der Waals surface area (Å²) in [6.07, 6.45) is 0. The van der Waals surface area contributed by atoms with Crippen molar-refractivity contribution in [2.45, 2.75) is 37.2 Å². The van der Waals surface area contributed by atoms with Crippen molar-refractivity contribution in [3.63, 3.8) is 0 Å². The van der Waals surface area contributed by atoms with Crippen LogP contribution < -0.4 is 10.6 Å². The van der Waals surface area contributed by atoms with Crippen molar-refractivity contribution in [1.29, 1.82) is 0 Å². The highest BCUT2D eigenvalue weighted by Crippen LogP contribution is 2.25. The molecule has 0 amide bonds. The van der Waals surface area contributed by atoms with Gasteiger partial charge in [-0.2, -0.15) is 15.0 Å². The van der Waals surface area contributed by atoms with E-state index in [-0.39, 0.29) is 16.9 Å². The molecule has 8 heteroatoms. The van der Waals surface area contributed by atoms with E-state index in [0.29, 0.717) is 17.1 Å². The van der Waals surface area contributed by atoms with E-state index in [0.717, 1.165) is 11.8 Å². The predicted molar refractivity (Wildman–Crippen MR) is 88.7 cm³/mol. The number of benzene rings is 1. The third-order valence-corrected chi connectivity index (χ3v) is 3.61. The molecule has 0 atom stereocenters. The van der Waals surface area contributed by atoms with E-state index in [1.807, 2.05) is 20.8 Å². The second kappa shape index (κ2) is 7.08. The zero-order valence-corrected chi connectivity index (χ0v) is 14.3. The molecule has 5 nitrogen and oxygen atoms in total. The van der Waals surface area contributed by atoms with Gasteiger partial charge in [-0.05, 0) is 32.9 Å². The molecule has 0 saturated carbocycles. The average Bonchev–Trinajstić information content (AvgIpc) is 2.44. The molecule has 2 N–H and O–H groups in total. The van der Waals surface area contributed by atoms with Crippen molar-refractivity contribution in [3.8, 4) is 0 Å². The van der Waals surface area contributed by atoms with E-state index in [2.05, 4.69) is 25.6 Å². The molecule has 1 aromatic heterocycles. The minimum Gasteiger partial charge on any atom is -0.357 e. The van der Waals surface area contributed by atoms with E-state index in [1.54, 1.807) is 7.05 Å². The maximum absolute atomic E-state index is 13.7. The summed E-state index contributed by atoms with van der Waals surface area (Å²) in [4.78, 5) is 12.7. The molecule has 23 heavy (non-hydrogen) atoms. The smallest absolute Gasteiger partial charge is 0.228 e. The Bertz CT molecular complexity index is 668. The lowest BCUT2D eigenvalue weighted by Gasteiger charge is -2.20. The van der Waals surface area contributed by atoms with Gasteiger partial charge >= 0.3 is 0 Å². The second-order valence-corrected chi connectivity index (χ2v) is 6.82. The fourth-order valence-corrected chi connectivity index (χ4v) is 2.58. The first-order chi connectivity index (χ1) is 10.8. The van der Waals surface area contributed by atoms with Crippen LogP contribution in [0.4, 0.5) is 20.7 Å². The van der Waals surface area contributed by atoms with Gasteiger partial charge in [0.15, 0.2) is 5.16 Å². The Morgan fingerprint density at radius 1 is 1.04 bits per heavy atom. The molecule has 0 bridgehead atoms. The molecular weight excluding hydrogens is 320 g/mol. The van der Waals surface area contributed by atoms with E-state index in [9.17, 15) is 8.78 Å². The largest absolute Gasteiger partial charge is 0.357 e. The maximum Gasteiger partial charge on any atom is 0.228 e. The summed E-state index contributed by atoms with van der Waals surface area (Å²) in [5.74, 6) is -0.251. The van der Waals surface area contributed by atoms with Gasteiger partial charge in [0.05, 0.1) is 0 Å². The Labute approximate surface area is 138 Å². The van der Waals surface area contributed by atoms with E-state index < -0.39 is 11.6 Å². The second-order valence-electron chi connectivity index (χ2n) is 5.88. The van der Waals surface area contributed by atoms with Gasteiger partial charge in [-0.1, -0.05) is 17.8 Å². The number of hydrogen-bond acceptors (Lipinski definition) is 6. The van der Waals surface area contributed by atoms with Crippen LogP contribution in [0.1, 0.15) is 26.3 Å². The summed E-state index contributed by atoms with van der Waals surface area (Å²) in [5.41, 5.74) is -0.208. The Morgan fingerprint density at radius 3 is 2.22 bits per heavy atom. The van der Waals surface area contributed by atoms with Crippen LogP contribution in [0.2, 0.25) is 0 Å². The number of nitrogens with one attached hydrogen (secondary N) is 2. The molecular formula is C15H19F2N5S. The van der Waals surface area contributed by atoms with Crippen LogP contribution in [0.15, 0.2) is 23.4 Å². The van der Waals surface area contributed by atoms with Gasteiger partial charge in [-0.25, -0.2) is 8.78 Å². The monoisotopic (exact) mass is 339 g/mol. The Morgan fingerprint density at radius 2 is 1.65 bits per heavy atom. The number of thioether (sulfide) groups is 1. The number of nitrogens with zero attached hydrogens (tertiary/aromatic N) is 3. The highest BCUT2D eigenvalue weighted by Gasteiger charge is 2.15. The Balaban J connectivity index is 2.20. The van der Waals surface area contributed by atoms with Crippen LogP contribution in [0, 0.1) is 11.6 Å². The molecule has 0 spiro atoms. The molecule has 2 aromatic rings. The molecule has 0 aliphatic heterocycles. The third kappa shape index (κ3) is 5.02. The average molecular weight is 339 g/mol. The topological polar surface area (TPSA) is 62.7 Å². The molecule has 0 fully saturated rings. The quantitative estimate of drug-likeness (QED) is 0.810. The summed E-state index contributed by atoms with van der Waals surface area (Å²) in [5, 5.41) is 6.39. The lowest BCUT2D eigenvalue weighted by atomic mass is 10.1. The standard InChI is InChI=1S/C15H19F2N5S/c1-15(2,3)22-13-19-12(18-4)20-14(21-13)23-8-9-10(16)6-5-7-11(9)17/h5-7H,8H2,1-4H3,(H2,18,19,20,21,22). The van der Waals surface area contributed by atoms with Crippen LogP contribution in [0.25, 0.3) is 0 Å². The van der Waals surface area contributed by atoms with Crippen molar-refractivity contribution in [1.82, 2.24) is 15.0 Å². The number of aromatic nitrogens is 3. The van der Waals surface area contributed by atoms with Gasteiger partial charge in [0, 0.05) is 23.9 Å². The third-order valence-electron chi connectivity index (χ3n) is 2.73. The zero-order valence-electron chi connectivity index (χ0n) is 13.4. The SMILES string of the molecule is CNc1nc(NC(C)(C)C)nc(SCc2c(F)cccc2F)n1. The summed E-state index contributed by atoms with van der Waals surface area (Å²) >= 11 is 1.15. The highest BCUT2D eigenvalue weighted by molar-refractivity contribution is 7.98. The van der Waals surface area contributed by atoms with Crippen LogP contribution in [0.3, 0.4) is 0 Å². The first-order valence-corrected chi connectivity index (χ1v) is 8.05. The van der Waals surface area contributed by atoms with E-state index in [4.69, 9.17) is 0 Å². The van der Waals surface area contributed by atoms with Crippen LogP contribution in [-0.4, -0.2) is 27.5 Å². The van der Waals surface area contributed by atoms with Crippen molar-refractivity contribution >= 4 is 23.7 Å². The van der Waals surface area contributed by atoms with Gasteiger partial charge < -0.3 is 10.6 Å².